The predicted octanol–water partition coefficient (Wildman–Crippen LogP) is 4.72. The first-order chi connectivity index (χ1) is 12.5. The molecule has 0 spiro atoms. The molecule has 0 aliphatic heterocycles. The highest BCUT2D eigenvalue weighted by Crippen LogP contribution is 2.29. The zero-order valence-electron chi connectivity index (χ0n) is 14.8. The molecule has 3 aromatic rings. The summed E-state index contributed by atoms with van der Waals surface area (Å²) < 4.78 is 6.02. The number of halogens is 1. The number of carbonyl (C=O) groups is 1. The van der Waals surface area contributed by atoms with Crippen LogP contribution in [-0.4, -0.2) is 21.0 Å². The van der Waals surface area contributed by atoms with Gasteiger partial charge in [-0.25, -0.2) is 4.98 Å². The van der Waals surface area contributed by atoms with Crippen molar-refractivity contribution < 1.29 is 9.32 Å². The molecule has 0 atom stereocenters. The molecule has 134 valence electrons. The van der Waals surface area contributed by atoms with Crippen LogP contribution >= 0.6 is 15.9 Å². The highest BCUT2D eigenvalue weighted by Gasteiger charge is 2.20. The summed E-state index contributed by atoms with van der Waals surface area (Å²) in [7, 11) is 0. The van der Waals surface area contributed by atoms with Gasteiger partial charge in [0.25, 0.3) is 5.91 Å². The van der Waals surface area contributed by atoms with E-state index in [9.17, 15) is 4.79 Å². The number of anilines is 1. The third kappa shape index (κ3) is 3.83. The summed E-state index contributed by atoms with van der Waals surface area (Å²) in [6.07, 6.45) is 1.63. The van der Waals surface area contributed by atoms with Gasteiger partial charge in [-0.2, -0.15) is 4.98 Å². The van der Waals surface area contributed by atoms with Gasteiger partial charge in [-0.1, -0.05) is 24.2 Å². The van der Waals surface area contributed by atoms with Crippen LogP contribution in [0.3, 0.4) is 0 Å². The molecule has 1 amide bonds. The SMILES string of the molecule is CCCc1nc(-c2c(C)cc(C)nc2NC(=O)c2ccccc2Br)no1. The van der Waals surface area contributed by atoms with Crippen molar-refractivity contribution in [3.63, 3.8) is 0 Å². The second kappa shape index (κ2) is 7.78. The van der Waals surface area contributed by atoms with Gasteiger partial charge in [-0.05, 0) is 60.0 Å². The van der Waals surface area contributed by atoms with Crippen molar-refractivity contribution >= 4 is 27.7 Å². The quantitative estimate of drug-likeness (QED) is 0.653. The standard InChI is InChI=1S/C19H19BrN4O2/c1-4-7-15-22-18(24-26-15)16-11(2)10-12(3)21-17(16)23-19(25)13-8-5-6-9-14(13)20/h5-6,8-10H,4,7H2,1-3H3,(H,21,23,25). The number of hydrogen-bond donors (Lipinski definition) is 1. The minimum Gasteiger partial charge on any atom is -0.339 e. The lowest BCUT2D eigenvalue weighted by molar-refractivity contribution is 0.102. The second-order valence-corrected chi connectivity index (χ2v) is 6.85. The summed E-state index contributed by atoms with van der Waals surface area (Å²) >= 11 is 3.40. The van der Waals surface area contributed by atoms with Gasteiger partial charge in [0.1, 0.15) is 5.82 Å². The number of nitrogens with one attached hydrogen (secondary N) is 1. The third-order valence-electron chi connectivity index (χ3n) is 3.85. The summed E-state index contributed by atoms with van der Waals surface area (Å²) in [5, 5.41) is 6.95. The van der Waals surface area contributed by atoms with Crippen LogP contribution in [0, 0.1) is 13.8 Å². The summed E-state index contributed by atoms with van der Waals surface area (Å²) in [6, 6.07) is 9.16. The fourth-order valence-electron chi connectivity index (χ4n) is 2.70. The number of amides is 1. The van der Waals surface area contributed by atoms with Gasteiger partial charge in [-0.3, -0.25) is 4.79 Å². The van der Waals surface area contributed by atoms with Gasteiger partial charge in [-0.15, -0.1) is 0 Å². The number of aromatic nitrogens is 3. The molecule has 26 heavy (non-hydrogen) atoms. The first kappa shape index (κ1) is 18.3. The Morgan fingerprint density at radius 2 is 2.00 bits per heavy atom. The van der Waals surface area contributed by atoms with Crippen molar-refractivity contribution in [2.75, 3.05) is 5.32 Å². The van der Waals surface area contributed by atoms with Crippen LogP contribution < -0.4 is 5.32 Å². The van der Waals surface area contributed by atoms with Crippen molar-refractivity contribution in [3.8, 4) is 11.4 Å². The van der Waals surface area contributed by atoms with Crippen LogP contribution in [0.2, 0.25) is 0 Å². The second-order valence-electron chi connectivity index (χ2n) is 6.00. The van der Waals surface area contributed by atoms with E-state index >= 15 is 0 Å². The fourth-order valence-corrected chi connectivity index (χ4v) is 3.17. The average molecular weight is 415 g/mol. The van der Waals surface area contributed by atoms with Gasteiger partial charge in [0.05, 0.1) is 11.1 Å². The molecule has 0 fully saturated rings. The van der Waals surface area contributed by atoms with Crippen LogP contribution in [0.4, 0.5) is 5.82 Å². The smallest absolute Gasteiger partial charge is 0.257 e. The van der Waals surface area contributed by atoms with E-state index in [1.54, 1.807) is 6.07 Å². The molecule has 3 rings (SSSR count). The zero-order valence-corrected chi connectivity index (χ0v) is 16.4. The minimum absolute atomic E-state index is 0.256. The maximum absolute atomic E-state index is 12.7. The molecule has 1 N–H and O–H groups in total. The maximum Gasteiger partial charge on any atom is 0.257 e. The van der Waals surface area contributed by atoms with E-state index in [-0.39, 0.29) is 5.91 Å². The molecular weight excluding hydrogens is 396 g/mol. The molecule has 0 aliphatic rings. The minimum atomic E-state index is -0.256. The van der Waals surface area contributed by atoms with Crippen LogP contribution in [0.25, 0.3) is 11.4 Å². The van der Waals surface area contributed by atoms with Crippen LogP contribution in [0.5, 0.6) is 0 Å². The number of aryl methyl sites for hydroxylation is 3. The Labute approximate surface area is 160 Å². The van der Waals surface area contributed by atoms with Crippen molar-refractivity contribution in [2.24, 2.45) is 0 Å². The highest BCUT2D eigenvalue weighted by molar-refractivity contribution is 9.10. The van der Waals surface area contributed by atoms with Gasteiger partial charge in [0.2, 0.25) is 11.7 Å². The van der Waals surface area contributed by atoms with Crippen molar-refractivity contribution in [3.05, 3.63) is 57.5 Å². The monoisotopic (exact) mass is 414 g/mol. The number of hydrogen-bond acceptors (Lipinski definition) is 5. The zero-order chi connectivity index (χ0) is 18.7. The van der Waals surface area contributed by atoms with Gasteiger partial charge >= 0.3 is 0 Å². The van der Waals surface area contributed by atoms with E-state index in [1.807, 2.05) is 45.0 Å². The molecule has 0 bridgehead atoms. The lowest BCUT2D eigenvalue weighted by atomic mass is 10.1. The Morgan fingerprint density at radius 3 is 2.73 bits per heavy atom. The number of rotatable bonds is 5. The van der Waals surface area contributed by atoms with Crippen LogP contribution in [0.1, 0.15) is 40.9 Å². The molecule has 2 heterocycles. The van der Waals surface area contributed by atoms with E-state index in [1.165, 1.54) is 0 Å². The first-order valence-electron chi connectivity index (χ1n) is 8.36. The van der Waals surface area contributed by atoms with E-state index < -0.39 is 0 Å². The van der Waals surface area contributed by atoms with Gasteiger partial charge < -0.3 is 9.84 Å². The Kier molecular flexibility index (Phi) is 5.46. The molecule has 0 radical (unpaired) electrons. The number of carbonyl (C=O) groups excluding carboxylic acids is 1. The summed E-state index contributed by atoms with van der Waals surface area (Å²) in [5.41, 5.74) is 2.91. The normalized spacial score (nSPS) is 10.8. The van der Waals surface area contributed by atoms with Crippen molar-refractivity contribution in [1.29, 1.82) is 0 Å². The molecule has 0 aliphatic carbocycles. The Hall–Kier alpha value is -2.54. The molecule has 1 aromatic carbocycles. The van der Waals surface area contributed by atoms with Gasteiger partial charge in [0.15, 0.2) is 0 Å². The van der Waals surface area contributed by atoms with Crippen LogP contribution in [0.15, 0.2) is 39.3 Å². The van der Waals surface area contributed by atoms with Crippen molar-refractivity contribution in [1.82, 2.24) is 15.1 Å². The molecular formula is C19H19BrN4O2. The third-order valence-corrected chi connectivity index (χ3v) is 4.54. The molecule has 7 heteroatoms. The molecule has 0 unspecified atom stereocenters. The topological polar surface area (TPSA) is 80.9 Å². The molecule has 0 saturated heterocycles. The Balaban J connectivity index is 2.01. The number of pyridine rings is 1. The van der Waals surface area contributed by atoms with E-state index in [4.69, 9.17) is 4.52 Å². The fraction of sp³-hybridized carbons (Fsp3) is 0.263. The average Bonchev–Trinajstić information content (AvgIpc) is 3.03. The van der Waals surface area contributed by atoms with E-state index in [2.05, 4.69) is 36.4 Å². The molecule has 2 aromatic heterocycles. The summed E-state index contributed by atoms with van der Waals surface area (Å²) in [4.78, 5) is 21.6. The number of nitrogens with zero attached hydrogens (tertiary/aromatic N) is 3. The van der Waals surface area contributed by atoms with E-state index in [0.717, 1.165) is 17.7 Å². The lowest BCUT2D eigenvalue weighted by Gasteiger charge is -2.12. The van der Waals surface area contributed by atoms with E-state index in [0.29, 0.717) is 39.6 Å². The first-order valence-corrected chi connectivity index (χ1v) is 9.16. The largest absolute Gasteiger partial charge is 0.339 e. The summed E-state index contributed by atoms with van der Waals surface area (Å²) in [6.45, 7) is 5.86. The molecule has 6 nitrogen and oxygen atoms in total. The van der Waals surface area contributed by atoms with Gasteiger partial charge in [0, 0.05) is 16.6 Å². The number of benzene rings is 1. The Bertz CT molecular complexity index is 952. The molecule has 0 saturated carbocycles. The van der Waals surface area contributed by atoms with Crippen molar-refractivity contribution in [2.45, 2.75) is 33.6 Å². The lowest BCUT2D eigenvalue weighted by Crippen LogP contribution is -2.15. The highest BCUT2D eigenvalue weighted by atomic mass is 79.9. The summed E-state index contributed by atoms with van der Waals surface area (Å²) in [5.74, 6) is 1.17. The maximum atomic E-state index is 12.7. The van der Waals surface area contributed by atoms with Crippen LogP contribution in [-0.2, 0) is 6.42 Å². The Morgan fingerprint density at radius 1 is 1.23 bits per heavy atom. The predicted molar refractivity (Wildman–Crippen MR) is 103 cm³/mol.